The first-order valence-electron chi connectivity index (χ1n) is 10.4. The lowest BCUT2D eigenvalue weighted by Crippen LogP contribution is -2.38. The fourth-order valence-corrected chi connectivity index (χ4v) is 4.75. The third-order valence-electron chi connectivity index (χ3n) is 5.67. The Labute approximate surface area is 176 Å². The molecule has 3 aromatic rings. The van der Waals surface area contributed by atoms with Crippen molar-refractivity contribution in [2.24, 2.45) is 5.92 Å². The Morgan fingerprint density at radius 1 is 1.17 bits per heavy atom. The zero-order valence-corrected chi connectivity index (χ0v) is 17.7. The largest absolute Gasteiger partial charge is 0.352 e. The van der Waals surface area contributed by atoms with Gasteiger partial charge in [-0.05, 0) is 61.8 Å². The first kappa shape index (κ1) is 19.9. The maximum Gasteiger partial charge on any atom is 0.254 e. The van der Waals surface area contributed by atoms with Gasteiger partial charge < -0.3 is 5.32 Å². The molecule has 1 N–H and O–H groups in total. The number of thiophene rings is 1. The molecule has 152 valence electrons. The number of carbonyl (C=O) groups excluding carboxylic acids is 1. The van der Waals surface area contributed by atoms with Crippen LogP contribution in [0, 0.1) is 5.92 Å². The lowest BCUT2D eigenvalue weighted by Gasteiger charge is -2.31. The van der Waals surface area contributed by atoms with Gasteiger partial charge in [0.25, 0.3) is 5.91 Å². The third kappa shape index (κ3) is 4.77. The third-order valence-corrected chi connectivity index (χ3v) is 6.53. The highest BCUT2D eigenvalue weighted by Crippen LogP contribution is 2.21. The molecule has 1 aliphatic rings. The van der Waals surface area contributed by atoms with Crippen LogP contribution >= 0.6 is 11.3 Å². The van der Waals surface area contributed by atoms with Crippen molar-refractivity contribution < 1.29 is 4.79 Å². The Kier molecular flexibility index (Phi) is 6.42. The molecule has 0 saturated carbocycles. The number of hydrogen-bond acceptors (Lipinski definition) is 4. The van der Waals surface area contributed by atoms with Crippen molar-refractivity contribution in [3.05, 3.63) is 70.2 Å². The van der Waals surface area contributed by atoms with E-state index < -0.39 is 0 Å². The van der Waals surface area contributed by atoms with E-state index in [1.165, 1.54) is 4.88 Å². The molecule has 1 aliphatic heterocycles. The molecule has 0 aliphatic carbocycles. The minimum Gasteiger partial charge on any atom is -0.352 e. The first-order chi connectivity index (χ1) is 14.2. The van der Waals surface area contributed by atoms with Crippen molar-refractivity contribution in [1.82, 2.24) is 20.0 Å². The Morgan fingerprint density at radius 2 is 1.97 bits per heavy atom. The fraction of sp³-hybridized carbons (Fsp3) is 0.391. The molecular formula is C23H28N4OS. The Balaban J connectivity index is 1.31. The van der Waals surface area contributed by atoms with Crippen molar-refractivity contribution in [2.45, 2.75) is 32.7 Å². The van der Waals surface area contributed by atoms with Gasteiger partial charge in [-0.3, -0.25) is 9.69 Å². The standard InChI is InChI=1S/C23H28N4OS/c1-2-22-21(16-25-27(22)19-7-4-3-5-8-19)23(28)24-15-18-10-12-26(13-11-18)17-20-9-6-14-29-20/h3-9,14,16,18H,2,10-13,15,17H2,1H3,(H,24,28). The lowest BCUT2D eigenvalue weighted by atomic mass is 9.96. The second-order valence-electron chi connectivity index (χ2n) is 7.61. The summed E-state index contributed by atoms with van der Waals surface area (Å²) in [6, 6.07) is 14.3. The van der Waals surface area contributed by atoms with E-state index in [4.69, 9.17) is 0 Å². The fourth-order valence-electron chi connectivity index (χ4n) is 4.00. The van der Waals surface area contributed by atoms with E-state index in [9.17, 15) is 4.79 Å². The maximum atomic E-state index is 12.8. The highest BCUT2D eigenvalue weighted by atomic mass is 32.1. The summed E-state index contributed by atoms with van der Waals surface area (Å²) in [5.74, 6) is 0.540. The van der Waals surface area contributed by atoms with Gasteiger partial charge >= 0.3 is 0 Å². The summed E-state index contributed by atoms with van der Waals surface area (Å²) in [5, 5.41) is 9.77. The van der Waals surface area contributed by atoms with Crippen LogP contribution in [0.1, 0.15) is 40.7 Å². The predicted molar refractivity (Wildman–Crippen MR) is 118 cm³/mol. The molecule has 1 saturated heterocycles. The monoisotopic (exact) mass is 408 g/mol. The van der Waals surface area contributed by atoms with Gasteiger partial charge in [-0.1, -0.05) is 31.2 Å². The molecule has 4 rings (SSSR count). The number of likely N-dealkylation sites (tertiary alicyclic amines) is 1. The van der Waals surface area contributed by atoms with Gasteiger partial charge in [0.15, 0.2) is 0 Å². The smallest absolute Gasteiger partial charge is 0.254 e. The summed E-state index contributed by atoms with van der Waals surface area (Å²) < 4.78 is 1.87. The molecule has 1 aromatic carbocycles. The molecule has 0 radical (unpaired) electrons. The van der Waals surface area contributed by atoms with Crippen molar-refractivity contribution in [2.75, 3.05) is 19.6 Å². The number of amides is 1. The molecule has 2 aromatic heterocycles. The van der Waals surface area contributed by atoms with E-state index in [0.29, 0.717) is 11.5 Å². The van der Waals surface area contributed by atoms with Crippen LogP contribution in [0.4, 0.5) is 0 Å². The molecule has 1 fully saturated rings. The minimum absolute atomic E-state index is 0.00922. The van der Waals surface area contributed by atoms with Crippen LogP contribution in [-0.4, -0.2) is 40.2 Å². The SMILES string of the molecule is CCc1c(C(=O)NCC2CCN(Cc3cccs3)CC2)cnn1-c1ccccc1. The number of nitrogens with one attached hydrogen (secondary N) is 1. The first-order valence-corrected chi connectivity index (χ1v) is 11.3. The highest BCUT2D eigenvalue weighted by molar-refractivity contribution is 7.09. The second-order valence-corrected chi connectivity index (χ2v) is 8.65. The quantitative estimate of drug-likeness (QED) is 0.639. The van der Waals surface area contributed by atoms with Crippen LogP contribution < -0.4 is 5.32 Å². The summed E-state index contributed by atoms with van der Waals surface area (Å²) >= 11 is 1.83. The van der Waals surface area contributed by atoms with Crippen LogP contribution in [0.2, 0.25) is 0 Å². The van der Waals surface area contributed by atoms with Crippen molar-refractivity contribution >= 4 is 17.2 Å². The summed E-state index contributed by atoms with van der Waals surface area (Å²) in [7, 11) is 0. The molecule has 0 unspecified atom stereocenters. The van der Waals surface area contributed by atoms with E-state index in [2.05, 4.69) is 39.8 Å². The van der Waals surface area contributed by atoms with Crippen LogP contribution in [0.15, 0.2) is 54.0 Å². The highest BCUT2D eigenvalue weighted by Gasteiger charge is 2.22. The predicted octanol–water partition coefficient (Wildman–Crippen LogP) is 4.14. The molecule has 6 heteroatoms. The average Bonchev–Trinajstić information content (AvgIpc) is 3.43. The van der Waals surface area contributed by atoms with E-state index >= 15 is 0 Å². The maximum absolute atomic E-state index is 12.8. The Bertz CT molecular complexity index is 912. The number of piperidine rings is 1. The number of benzene rings is 1. The zero-order valence-electron chi connectivity index (χ0n) is 16.9. The molecule has 5 nitrogen and oxygen atoms in total. The summed E-state index contributed by atoms with van der Waals surface area (Å²) in [6.07, 6.45) is 4.73. The zero-order chi connectivity index (χ0) is 20.1. The molecule has 3 heterocycles. The van der Waals surface area contributed by atoms with Gasteiger partial charge in [0.05, 0.1) is 23.1 Å². The number of hydrogen-bond donors (Lipinski definition) is 1. The number of nitrogens with zero attached hydrogens (tertiary/aromatic N) is 3. The topological polar surface area (TPSA) is 50.2 Å². The van der Waals surface area contributed by atoms with E-state index in [0.717, 1.165) is 56.8 Å². The number of para-hydroxylation sites is 1. The van der Waals surface area contributed by atoms with Crippen LogP contribution in [0.25, 0.3) is 5.69 Å². The van der Waals surface area contributed by atoms with Gasteiger partial charge in [0.1, 0.15) is 0 Å². The molecule has 0 spiro atoms. The molecule has 29 heavy (non-hydrogen) atoms. The van der Waals surface area contributed by atoms with Gasteiger partial charge in [-0.15, -0.1) is 11.3 Å². The molecule has 0 atom stereocenters. The van der Waals surface area contributed by atoms with E-state index in [-0.39, 0.29) is 5.91 Å². The van der Waals surface area contributed by atoms with Gasteiger partial charge in [-0.2, -0.15) is 5.10 Å². The summed E-state index contributed by atoms with van der Waals surface area (Å²) in [6.45, 7) is 6.06. The van der Waals surface area contributed by atoms with E-state index in [1.807, 2.05) is 46.4 Å². The second kappa shape index (κ2) is 9.37. The number of carbonyl (C=O) groups is 1. The molecule has 1 amide bonds. The van der Waals surface area contributed by atoms with Gasteiger partial charge in [-0.25, -0.2) is 4.68 Å². The lowest BCUT2D eigenvalue weighted by molar-refractivity contribution is 0.0934. The van der Waals surface area contributed by atoms with E-state index in [1.54, 1.807) is 6.20 Å². The van der Waals surface area contributed by atoms with Crippen LogP contribution in [0.5, 0.6) is 0 Å². The van der Waals surface area contributed by atoms with Crippen molar-refractivity contribution in [3.8, 4) is 5.69 Å². The normalized spacial score (nSPS) is 15.5. The minimum atomic E-state index is -0.00922. The van der Waals surface area contributed by atoms with Gasteiger partial charge in [0, 0.05) is 18.0 Å². The van der Waals surface area contributed by atoms with Crippen molar-refractivity contribution in [1.29, 1.82) is 0 Å². The van der Waals surface area contributed by atoms with Crippen LogP contribution in [-0.2, 0) is 13.0 Å². The molecular weight excluding hydrogens is 380 g/mol. The van der Waals surface area contributed by atoms with Crippen molar-refractivity contribution in [3.63, 3.8) is 0 Å². The Hall–Kier alpha value is -2.44. The number of rotatable bonds is 7. The van der Waals surface area contributed by atoms with Crippen LogP contribution in [0.3, 0.4) is 0 Å². The Morgan fingerprint density at radius 3 is 2.66 bits per heavy atom. The number of aromatic nitrogens is 2. The molecule has 0 bridgehead atoms. The summed E-state index contributed by atoms with van der Waals surface area (Å²) in [5.41, 5.74) is 2.63. The summed E-state index contributed by atoms with van der Waals surface area (Å²) in [4.78, 5) is 16.8. The average molecular weight is 409 g/mol. The van der Waals surface area contributed by atoms with Gasteiger partial charge in [0.2, 0.25) is 0 Å².